The van der Waals surface area contributed by atoms with Gasteiger partial charge in [-0.05, 0) is 24.0 Å². The minimum Gasteiger partial charge on any atom is -0.366 e. The van der Waals surface area contributed by atoms with Crippen molar-refractivity contribution in [3.63, 3.8) is 0 Å². The molecule has 1 aliphatic carbocycles. The molecule has 0 aliphatic heterocycles. The third-order valence-electron chi connectivity index (χ3n) is 4.02. The van der Waals surface area contributed by atoms with Gasteiger partial charge in [-0.3, -0.25) is 4.79 Å². The lowest BCUT2D eigenvalue weighted by molar-refractivity contribution is 0.0999. The van der Waals surface area contributed by atoms with Gasteiger partial charge < -0.3 is 5.73 Å². The molecule has 0 spiro atoms. The first-order valence-electron chi connectivity index (χ1n) is 7.15. The molecule has 0 radical (unpaired) electrons. The summed E-state index contributed by atoms with van der Waals surface area (Å²) in [7, 11) is 0. The molecule has 1 aromatic rings. The van der Waals surface area contributed by atoms with E-state index in [-0.39, 0.29) is 5.91 Å². The number of nitrogens with two attached hydrogens (primary N) is 1. The van der Waals surface area contributed by atoms with E-state index in [2.05, 4.69) is 6.07 Å². The first-order valence-corrected chi connectivity index (χ1v) is 7.15. The van der Waals surface area contributed by atoms with E-state index in [0.29, 0.717) is 5.56 Å². The second-order valence-electron chi connectivity index (χ2n) is 5.44. The van der Waals surface area contributed by atoms with Crippen LogP contribution in [0.2, 0.25) is 0 Å². The zero-order valence-electron chi connectivity index (χ0n) is 11.0. The number of hydrogen-bond donors (Lipinski definition) is 1. The highest BCUT2D eigenvalue weighted by Gasteiger charge is 2.15. The molecule has 2 rings (SSSR count). The summed E-state index contributed by atoms with van der Waals surface area (Å²) in [5, 5.41) is 0. The average Bonchev–Trinajstić information content (AvgIpc) is 2.33. The number of rotatable bonds is 3. The number of primary amides is 1. The molecule has 0 unspecified atom stereocenters. The molecule has 0 atom stereocenters. The zero-order valence-corrected chi connectivity index (χ0v) is 11.0. The summed E-state index contributed by atoms with van der Waals surface area (Å²) >= 11 is 0. The molecule has 2 N–H and O–H groups in total. The minimum absolute atomic E-state index is 0.295. The van der Waals surface area contributed by atoms with Gasteiger partial charge in [0, 0.05) is 5.56 Å². The monoisotopic (exact) mass is 245 g/mol. The van der Waals surface area contributed by atoms with Crippen molar-refractivity contribution in [2.75, 3.05) is 0 Å². The lowest BCUT2D eigenvalue weighted by Gasteiger charge is -2.20. The molecule has 0 heterocycles. The fraction of sp³-hybridized carbons (Fsp3) is 0.562. The van der Waals surface area contributed by atoms with Crippen LogP contribution in [0.5, 0.6) is 0 Å². The minimum atomic E-state index is -0.295. The van der Waals surface area contributed by atoms with Crippen molar-refractivity contribution in [2.24, 2.45) is 11.7 Å². The van der Waals surface area contributed by atoms with E-state index in [4.69, 9.17) is 5.73 Å². The van der Waals surface area contributed by atoms with Gasteiger partial charge in [-0.15, -0.1) is 0 Å². The van der Waals surface area contributed by atoms with Crippen LogP contribution in [0.25, 0.3) is 0 Å². The summed E-state index contributed by atoms with van der Waals surface area (Å²) < 4.78 is 0. The average molecular weight is 245 g/mol. The van der Waals surface area contributed by atoms with Crippen molar-refractivity contribution in [1.29, 1.82) is 0 Å². The maximum Gasteiger partial charge on any atom is 0.248 e. The molecule has 1 aliphatic rings. The standard InChI is InChI=1S/C16H23NO/c17-16(18)15-11-7-6-10-14(15)12-13-8-4-2-1-3-5-9-13/h6-7,10-11,13H,1-5,8-9,12H2,(H2,17,18). The summed E-state index contributed by atoms with van der Waals surface area (Å²) in [6, 6.07) is 7.80. The molecule has 0 bridgehead atoms. The Labute approximate surface area is 110 Å². The number of carbonyl (C=O) groups excluding carboxylic acids is 1. The van der Waals surface area contributed by atoms with E-state index in [1.165, 1.54) is 44.9 Å². The van der Waals surface area contributed by atoms with Gasteiger partial charge in [-0.1, -0.05) is 63.1 Å². The van der Waals surface area contributed by atoms with Gasteiger partial charge in [0.25, 0.3) is 0 Å². The number of amides is 1. The van der Waals surface area contributed by atoms with E-state index < -0.39 is 0 Å². The van der Waals surface area contributed by atoms with E-state index in [1.54, 1.807) is 0 Å². The van der Waals surface area contributed by atoms with Gasteiger partial charge in [0.15, 0.2) is 0 Å². The predicted octanol–water partition coefficient (Wildman–Crippen LogP) is 3.69. The topological polar surface area (TPSA) is 43.1 Å². The Morgan fingerprint density at radius 1 is 1.06 bits per heavy atom. The molecule has 98 valence electrons. The SMILES string of the molecule is NC(=O)c1ccccc1CC1CCCCCCC1. The van der Waals surface area contributed by atoms with Crippen molar-refractivity contribution in [3.8, 4) is 0 Å². The number of carbonyl (C=O) groups is 1. The van der Waals surface area contributed by atoms with Gasteiger partial charge in [0.2, 0.25) is 5.91 Å². The van der Waals surface area contributed by atoms with Gasteiger partial charge in [0.05, 0.1) is 0 Å². The molecular formula is C16H23NO. The predicted molar refractivity (Wildman–Crippen MR) is 74.5 cm³/mol. The lowest BCUT2D eigenvalue weighted by atomic mass is 9.85. The fourth-order valence-corrected chi connectivity index (χ4v) is 2.99. The summed E-state index contributed by atoms with van der Waals surface area (Å²) in [5.74, 6) is 0.433. The smallest absolute Gasteiger partial charge is 0.248 e. The van der Waals surface area contributed by atoms with Crippen LogP contribution in [-0.2, 0) is 6.42 Å². The molecule has 1 saturated carbocycles. The van der Waals surface area contributed by atoms with Gasteiger partial charge in [-0.25, -0.2) is 0 Å². The Hall–Kier alpha value is -1.31. The third kappa shape index (κ3) is 3.59. The molecule has 0 saturated heterocycles. The number of benzene rings is 1. The molecule has 1 amide bonds. The second-order valence-corrected chi connectivity index (χ2v) is 5.44. The van der Waals surface area contributed by atoms with Crippen LogP contribution in [-0.4, -0.2) is 5.91 Å². The molecule has 18 heavy (non-hydrogen) atoms. The van der Waals surface area contributed by atoms with E-state index in [9.17, 15) is 4.79 Å². The van der Waals surface area contributed by atoms with Crippen molar-refractivity contribution in [1.82, 2.24) is 0 Å². The van der Waals surface area contributed by atoms with Crippen LogP contribution in [0.4, 0.5) is 0 Å². The Bertz CT molecular complexity index is 392. The van der Waals surface area contributed by atoms with Crippen molar-refractivity contribution in [2.45, 2.75) is 51.4 Å². The highest BCUT2D eigenvalue weighted by atomic mass is 16.1. The van der Waals surface area contributed by atoms with E-state index in [1.807, 2.05) is 18.2 Å². The zero-order chi connectivity index (χ0) is 12.8. The molecule has 1 aromatic carbocycles. The van der Waals surface area contributed by atoms with Crippen LogP contribution in [0.15, 0.2) is 24.3 Å². The molecular weight excluding hydrogens is 222 g/mol. The fourth-order valence-electron chi connectivity index (χ4n) is 2.99. The Kier molecular flexibility index (Phi) is 4.80. The van der Waals surface area contributed by atoms with Gasteiger partial charge in [0.1, 0.15) is 0 Å². The summed E-state index contributed by atoms with van der Waals surface area (Å²) in [5.41, 5.74) is 7.28. The van der Waals surface area contributed by atoms with Crippen LogP contribution in [0.3, 0.4) is 0 Å². The summed E-state index contributed by atoms with van der Waals surface area (Å²) in [6.45, 7) is 0. The van der Waals surface area contributed by atoms with Crippen LogP contribution < -0.4 is 5.73 Å². The lowest BCUT2D eigenvalue weighted by Crippen LogP contribution is -2.16. The Morgan fingerprint density at radius 3 is 2.33 bits per heavy atom. The van der Waals surface area contributed by atoms with Crippen molar-refractivity contribution in [3.05, 3.63) is 35.4 Å². The van der Waals surface area contributed by atoms with Crippen LogP contribution >= 0.6 is 0 Å². The quantitative estimate of drug-likeness (QED) is 0.867. The Balaban J connectivity index is 2.05. The highest BCUT2D eigenvalue weighted by molar-refractivity contribution is 5.94. The second kappa shape index (κ2) is 6.58. The first-order chi connectivity index (χ1) is 8.77. The third-order valence-corrected chi connectivity index (χ3v) is 4.02. The van der Waals surface area contributed by atoms with Crippen LogP contribution in [0.1, 0.15) is 60.9 Å². The van der Waals surface area contributed by atoms with Gasteiger partial charge in [-0.2, -0.15) is 0 Å². The molecule has 0 aromatic heterocycles. The number of hydrogen-bond acceptors (Lipinski definition) is 1. The Morgan fingerprint density at radius 2 is 1.67 bits per heavy atom. The first kappa shape index (κ1) is 13.1. The largest absolute Gasteiger partial charge is 0.366 e. The maximum absolute atomic E-state index is 11.4. The molecule has 2 nitrogen and oxygen atoms in total. The maximum atomic E-state index is 11.4. The van der Waals surface area contributed by atoms with Crippen molar-refractivity contribution >= 4 is 5.91 Å². The van der Waals surface area contributed by atoms with E-state index >= 15 is 0 Å². The molecule has 1 fully saturated rings. The van der Waals surface area contributed by atoms with Crippen molar-refractivity contribution < 1.29 is 4.79 Å². The van der Waals surface area contributed by atoms with Crippen LogP contribution in [0, 0.1) is 5.92 Å². The highest BCUT2D eigenvalue weighted by Crippen LogP contribution is 2.26. The normalized spacial score (nSPS) is 18.0. The summed E-state index contributed by atoms with van der Waals surface area (Å²) in [6.07, 6.45) is 10.4. The molecule has 2 heteroatoms. The van der Waals surface area contributed by atoms with Gasteiger partial charge >= 0.3 is 0 Å². The van der Waals surface area contributed by atoms with E-state index in [0.717, 1.165) is 17.9 Å². The summed E-state index contributed by atoms with van der Waals surface area (Å²) in [4.78, 5) is 11.4.